The van der Waals surface area contributed by atoms with Crippen LogP contribution in [0, 0.1) is 0 Å². The molecule has 182 valence electrons. The first-order valence-corrected chi connectivity index (χ1v) is 14.2. The lowest BCUT2D eigenvalue weighted by atomic mass is 9.84. The first-order chi connectivity index (χ1) is 17.0. The van der Waals surface area contributed by atoms with Crippen molar-refractivity contribution in [3.63, 3.8) is 0 Å². The van der Waals surface area contributed by atoms with E-state index in [1.165, 1.54) is 37.7 Å². The molecule has 4 aromatic rings. The van der Waals surface area contributed by atoms with Crippen molar-refractivity contribution in [3.05, 3.63) is 89.7 Å². The number of rotatable bonds is 8. The zero-order valence-electron chi connectivity index (χ0n) is 20.3. The maximum atomic E-state index is 13.0. The smallest absolute Gasteiger partial charge is 0.261 e. The molecule has 35 heavy (non-hydrogen) atoms. The van der Waals surface area contributed by atoms with Crippen molar-refractivity contribution in [1.29, 1.82) is 0 Å². The Hall–Kier alpha value is -3.12. The Kier molecular flexibility index (Phi) is 6.91. The summed E-state index contributed by atoms with van der Waals surface area (Å²) in [6, 6.07) is 23.3. The third kappa shape index (κ3) is 5.27. The Morgan fingerprint density at radius 2 is 1.69 bits per heavy atom. The molecule has 1 fully saturated rings. The largest absolute Gasteiger partial charge is 0.328 e. The van der Waals surface area contributed by atoms with Crippen molar-refractivity contribution in [1.82, 2.24) is 9.55 Å². The molecule has 5 rings (SSSR count). The van der Waals surface area contributed by atoms with Gasteiger partial charge in [-0.15, -0.1) is 0 Å². The summed E-state index contributed by atoms with van der Waals surface area (Å²) < 4.78 is 31.1. The second-order valence-corrected chi connectivity index (χ2v) is 11.2. The molecule has 0 aliphatic heterocycles. The van der Waals surface area contributed by atoms with Crippen molar-refractivity contribution in [3.8, 4) is 0 Å². The second kappa shape index (κ2) is 10.2. The molecular formula is C29H33N3O2S. The highest BCUT2D eigenvalue weighted by Gasteiger charge is 2.18. The molecule has 0 unspecified atom stereocenters. The highest BCUT2D eigenvalue weighted by molar-refractivity contribution is 7.92. The van der Waals surface area contributed by atoms with E-state index in [1.807, 2.05) is 48.5 Å². The van der Waals surface area contributed by atoms with Crippen LogP contribution in [0.1, 0.15) is 61.9 Å². The van der Waals surface area contributed by atoms with Gasteiger partial charge in [0.05, 0.1) is 15.9 Å². The minimum atomic E-state index is -3.64. The van der Waals surface area contributed by atoms with Crippen LogP contribution in [0.3, 0.4) is 0 Å². The highest BCUT2D eigenvalue weighted by atomic mass is 32.2. The van der Waals surface area contributed by atoms with Crippen molar-refractivity contribution in [2.75, 3.05) is 4.72 Å². The molecule has 0 radical (unpaired) electrons. The Morgan fingerprint density at radius 1 is 0.914 bits per heavy atom. The number of aryl methyl sites for hydroxylation is 3. The van der Waals surface area contributed by atoms with Crippen LogP contribution >= 0.6 is 0 Å². The molecule has 0 amide bonds. The number of nitrogens with zero attached hydrogens (tertiary/aromatic N) is 2. The highest BCUT2D eigenvalue weighted by Crippen LogP contribution is 2.33. The average Bonchev–Trinajstić information content (AvgIpc) is 3.25. The minimum Gasteiger partial charge on any atom is -0.328 e. The number of imidazole rings is 1. The average molecular weight is 488 g/mol. The van der Waals surface area contributed by atoms with Gasteiger partial charge in [-0.25, -0.2) is 13.4 Å². The van der Waals surface area contributed by atoms with Crippen molar-refractivity contribution in [2.24, 2.45) is 0 Å². The molecule has 3 aromatic carbocycles. The molecule has 1 aromatic heterocycles. The topological polar surface area (TPSA) is 64.0 Å². The third-order valence-corrected chi connectivity index (χ3v) is 8.53. The lowest BCUT2D eigenvalue weighted by Crippen LogP contribution is -2.13. The molecule has 6 heteroatoms. The number of hydrogen-bond donors (Lipinski definition) is 1. The van der Waals surface area contributed by atoms with Gasteiger partial charge < -0.3 is 4.57 Å². The molecule has 1 saturated carbocycles. The van der Waals surface area contributed by atoms with Gasteiger partial charge in [0.2, 0.25) is 0 Å². The Morgan fingerprint density at radius 3 is 2.46 bits per heavy atom. The van der Waals surface area contributed by atoms with Gasteiger partial charge in [0, 0.05) is 18.7 Å². The van der Waals surface area contributed by atoms with Crippen molar-refractivity contribution < 1.29 is 8.42 Å². The van der Waals surface area contributed by atoms with E-state index in [9.17, 15) is 8.42 Å². The summed E-state index contributed by atoms with van der Waals surface area (Å²) in [5, 5.41) is 0. The standard InChI is InChI=1S/C29H33N3O2S/c1-2-32-28-14-7-6-13-27(28)30-29(32)20-15-22-9-8-12-25(21-22)31-35(33,34)26-18-16-24(17-19-26)23-10-4-3-5-11-23/h6-9,12-14,16-19,21,23,31H,2-5,10-11,15,20H2,1H3. The SMILES string of the molecule is CCn1c(CCc2cccc(NS(=O)(=O)c3ccc(C4CCCCC4)cc3)c2)nc2ccccc21. The summed E-state index contributed by atoms with van der Waals surface area (Å²) >= 11 is 0. The molecule has 1 heterocycles. The second-order valence-electron chi connectivity index (χ2n) is 9.47. The van der Waals surface area contributed by atoms with Gasteiger partial charge in [-0.05, 0) is 79.6 Å². The molecule has 5 nitrogen and oxygen atoms in total. The minimum absolute atomic E-state index is 0.305. The van der Waals surface area contributed by atoms with Gasteiger partial charge in [0.25, 0.3) is 10.0 Å². The fraction of sp³-hybridized carbons (Fsp3) is 0.345. The summed E-state index contributed by atoms with van der Waals surface area (Å²) in [5.74, 6) is 1.61. The maximum Gasteiger partial charge on any atom is 0.261 e. The number of para-hydroxylation sites is 2. The normalized spacial score (nSPS) is 14.9. The van der Waals surface area contributed by atoms with Gasteiger partial charge in [0.15, 0.2) is 0 Å². The van der Waals surface area contributed by atoms with Crippen LogP contribution in [0.2, 0.25) is 0 Å². The van der Waals surface area contributed by atoms with Crippen LogP contribution in [-0.2, 0) is 29.4 Å². The number of hydrogen-bond acceptors (Lipinski definition) is 3. The lowest BCUT2D eigenvalue weighted by Gasteiger charge is -2.22. The quantitative estimate of drug-likeness (QED) is 0.301. The molecule has 0 atom stereocenters. The van der Waals surface area contributed by atoms with Gasteiger partial charge in [-0.2, -0.15) is 0 Å². The van der Waals surface area contributed by atoms with Crippen LogP contribution in [0.4, 0.5) is 5.69 Å². The van der Waals surface area contributed by atoms with Gasteiger partial charge in [-0.1, -0.05) is 55.7 Å². The van der Waals surface area contributed by atoms with E-state index in [0.29, 0.717) is 16.5 Å². The Labute approximate surface area is 208 Å². The number of benzene rings is 3. The lowest BCUT2D eigenvalue weighted by molar-refractivity contribution is 0.443. The Balaban J connectivity index is 1.27. The van der Waals surface area contributed by atoms with Crippen LogP contribution in [0.15, 0.2) is 77.7 Å². The first-order valence-electron chi connectivity index (χ1n) is 12.7. The summed E-state index contributed by atoms with van der Waals surface area (Å²) in [6.07, 6.45) is 7.82. The molecule has 0 saturated heterocycles. The van der Waals surface area contributed by atoms with Crippen molar-refractivity contribution >= 4 is 26.7 Å². The zero-order chi connectivity index (χ0) is 24.3. The summed E-state index contributed by atoms with van der Waals surface area (Å²) in [6.45, 7) is 3.00. The van der Waals surface area contributed by atoms with E-state index in [1.54, 1.807) is 18.2 Å². The molecule has 1 N–H and O–H groups in total. The predicted octanol–water partition coefficient (Wildman–Crippen LogP) is 6.69. The van der Waals surface area contributed by atoms with Crippen LogP contribution in [0.25, 0.3) is 11.0 Å². The number of fused-ring (bicyclic) bond motifs is 1. The van der Waals surface area contributed by atoms with Crippen molar-refractivity contribution in [2.45, 2.75) is 69.2 Å². The van der Waals surface area contributed by atoms with E-state index in [0.717, 1.165) is 41.8 Å². The number of sulfonamides is 1. The van der Waals surface area contributed by atoms with Gasteiger partial charge in [-0.3, -0.25) is 4.72 Å². The number of aromatic nitrogens is 2. The summed E-state index contributed by atoms with van der Waals surface area (Å²) in [7, 11) is -3.64. The fourth-order valence-electron chi connectivity index (χ4n) is 5.28. The molecule has 1 aliphatic carbocycles. The molecule has 1 aliphatic rings. The van der Waals surface area contributed by atoms with Crippen LogP contribution in [0.5, 0.6) is 0 Å². The van der Waals surface area contributed by atoms with E-state index in [-0.39, 0.29) is 0 Å². The van der Waals surface area contributed by atoms with E-state index >= 15 is 0 Å². The number of nitrogens with one attached hydrogen (secondary N) is 1. The third-order valence-electron chi connectivity index (χ3n) is 7.13. The zero-order valence-corrected chi connectivity index (χ0v) is 21.1. The van der Waals surface area contributed by atoms with E-state index in [2.05, 4.69) is 22.3 Å². The van der Waals surface area contributed by atoms with Crippen LogP contribution < -0.4 is 4.72 Å². The van der Waals surface area contributed by atoms with Crippen LogP contribution in [-0.4, -0.2) is 18.0 Å². The molecule has 0 bridgehead atoms. The monoisotopic (exact) mass is 487 g/mol. The fourth-order valence-corrected chi connectivity index (χ4v) is 6.33. The molecular weight excluding hydrogens is 454 g/mol. The van der Waals surface area contributed by atoms with E-state index in [4.69, 9.17) is 4.98 Å². The maximum absolute atomic E-state index is 13.0. The number of anilines is 1. The summed E-state index contributed by atoms with van der Waals surface area (Å²) in [4.78, 5) is 5.12. The molecule has 0 spiro atoms. The predicted molar refractivity (Wildman–Crippen MR) is 142 cm³/mol. The first kappa shape index (κ1) is 23.6. The summed E-state index contributed by atoms with van der Waals surface area (Å²) in [5.41, 5.74) is 5.08. The Bertz CT molecular complexity index is 1400. The van der Waals surface area contributed by atoms with Gasteiger partial charge in [0.1, 0.15) is 5.82 Å². The van der Waals surface area contributed by atoms with E-state index < -0.39 is 10.0 Å². The van der Waals surface area contributed by atoms with Gasteiger partial charge >= 0.3 is 0 Å².